The molecule has 1 atom stereocenters. The van der Waals surface area contributed by atoms with E-state index in [1.807, 2.05) is 0 Å². The number of aromatic nitrogens is 2. The summed E-state index contributed by atoms with van der Waals surface area (Å²) in [6.07, 6.45) is -6.31. The Bertz CT molecular complexity index is 900. The summed E-state index contributed by atoms with van der Waals surface area (Å²) in [6, 6.07) is 10.1. The van der Waals surface area contributed by atoms with Crippen molar-refractivity contribution in [3.05, 3.63) is 75.8 Å². The monoisotopic (exact) mass is 322 g/mol. The van der Waals surface area contributed by atoms with Crippen LogP contribution in [0.5, 0.6) is 0 Å². The number of para-hydroxylation sites is 1. The summed E-state index contributed by atoms with van der Waals surface area (Å²) in [5.41, 5.74) is -1.06. The number of halogens is 4. The molecule has 0 bridgehead atoms. The molecule has 118 valence electrons. The standard InChI is InChI=1S/C16H10F4N2O/c17-13(9-5-7-10(8-6-9)16(18,19)20)14-21-12-4-2-1-3-11(12)15(23)22-14/h1-8,13H,(H,21,22,23). The summed E-state index contributed by atoms with van der Waals surface area (Å²) in [5.74, 6) is -0.242. The van der Waals surface area contributed by atoms with Crippen LogP contribution < -0.4 is 5.56 Å². The third-order valence-corrected chi connectivity index (χ3v) is 3.40. The Morgan fingerprint density at radius 3 is 2.30 bits per heavy atom. The van der Waals surface area contributed by atoms with Crippen LogP contribution in [0.4, 0.5) is 17.6 Å². The van der Waals surface area contributed by atoms with Gasteiger partial charge in [0.15, 0.2) is 6.17 Å². The fourth-order valence-corrected chi connectivity index (χ4v) is 2.22. The van der Waals surface area contributed by atoms with Gasteiger partial charge in [0, 0.05) is 0 Å². The molecule has 3 aromatic rings. The molecule has 1 N–H and O–H groups in total. The van der Waals surface area contributed by atoms with Crippen LogP contribution in [-0.2, 0) is 6.18 Å². The summed E-state index contributed by atoms with van der Waals surface area (Å²) in [6.45, 7) is 0. The molecule has 0 spiro atoms. The number of nitrogens with zero attached hydrogens (tertiary/aromatic N) is 1. The highest BCUT2D eigenvalue weighted by Crippen LogP contribution is 2.31. The van der Waals surface area contributed by atoms with Crippen LogP contribution in [-0.4, -0.2) is 9.97 Å². The van der Waals surface area contributed by atoms with Crippen LogP contribution in [0, 0.1) is 0 Å². The number of hydrogen-bond acceptors (Lipinski definition) is 2. The number of rotatable bonds is 2. The van der Waals surface area contributed by atoms with Gasteiger partial charge >= 0.3 is 6.18 Å². The first-order valence-corrected chi connectivity index (χ1v) is 6.66. The molecule has 0 aliphatic carbocycles. The number of H-pyrrole nitrogens is 1. The van der Waals surface area contributed by atoms with Crippen molar-refractivity contribution in [3.63, 3.8) is 0 Å². The molecule has 0 saturated heterocycles. The Kier molecular flexibility index (Phi) is 3.63. The lowest BCUT2D eigenvalue weighted by atomic mass is 10.1. The van der Waals surface area contributed by atoms with Crippen molar-refractivity contribution in [1.82, 2.24) is 9.97 Å². The maximum atomic E-state index is 14.5. The van der Waals surface area contributed by atoms with Crippen LogP contribution in [0.25, 0.3) is 10.9 Å². The summed E-state index contributed by atoms with van der Waals surface area (Å²) < 4.78 is 52.0. The fraction of sp³-hybridized carbons (Fsp3) is 0.125. The number of fused-ring (bicyclic) bond motifs is 1. The number of hydrogen-bond donors (Lipinski definition) is 1. The molecule has 0 aliphatic heterocycles. The van der Waals surface area contributed by atoms with Gasteiger partial charge in [-0.3, -0.25) is 4.79 Å². The molecular weight excluding hydrogens is 312 g/mol. The Balaban J connectivity index is 2.00. The van der Waals surface area contributed by atoms with E-state index in [1.165, 1.54) is 0 Å². The molecule has 0 saturated carbocycles. The summed E-state index contributed by atoms with van der Waals surface area (Å²) >= 11 is 0. The molecule has 7 heteroatoms. The van der Waals surface area contributed by atoms with Gasteiger partial charge in [0.1, 0.15) is 5.82 Å². The van der Waals surface area contributed by atoms with Gasteiger partial charge < -0.3 is 4.98 Å². The first kappa shape index (κ1) is 15.2. The maximum absolute atomic E-state index is 14.5. The van der Waals surface area contributed by atoms with Crippen molar-refractivity contribution < 1.29 is 17.6 Å². The first-order valence-electron chi connectivity index (χ1n) is 6.66. The molecule has 23 heavy (non-hydrogen) atoms. The number of alkyl halides is 4. The van der Waals surface area contributed by atoms with E-state index in [0.717, 1.165) is 24.3 Å². The molecule has 2 aromatic carbocycles. The van der Waals surface area contributed by atoms with Crippen LogP contribution in [0.3, 0.4) is 0 Å². The number of aromatic amines is 1. The van der Waals surface area contributed by atoms with Gasteiger partial charge in [-0.05, 0) is 29.8 Å². The third-order valence-electron chi connectivity index (χ3n) is 3.40. The number of benzene rings is 2. The van der Waals surface area contributed by atoms with Crippen molar-refractivity contribution in [3.8, 4) is 0 Å². The van der Waals surface area contributed by atoms with E-state index in [9.17, 15) is 22.4 Å². The van der Waals surface area contributed by atoms with E-state index in [-0.39, 0.29) is 11.4 Å². The Morgan fingerprint density at radius 1 is 1.00 bits per heavy atom. The number of nitrogens with one attached hydrogen (secondary N) is 1. The second kappa shape index (κ2) is 5.49. The second-order valence-electron chi connectivity index (χ2n) is 4.95. The van der Waals surface area contributed by atoms with Gasteiger partial charge in [0.2, 0.25) is 0 Å². The molecule has 0 aliphatic rings. The maximum Gasteiger partial charge on any atom is 0.416 e. The van der Waals surface area contributed by atoms with E-state index in [4.69, 9.17) is 0 Å². The minimum Gasteiger partial charge on any atom is -0.307 e. The molecule has 0 radical (unpaired) electrons. The molecule has 3 rings (SSSR count). The third kappa shape index (κ3) is 2.94. The molecule has 3 nitrogen and oxygen atoms in total. The van der Waals surface area contributed by atoms with Crippen molar-refractivity contribution in [2.75, 3.05) is 0 Å². The smallest absolute Gasteiger partial charge is 0.307 e. The largest absolute Gasteiger partial charge is 0.416 e. The van der Waals surface area contributed by atoms with Crippen molar-refractivity contribution >= 4 is 10.9 Å². The predicted molar refractivity (Wildman–Crippen MR) is 76.8 cm³/mol. The van der Waals surface area contributed by atoms with Gasteiger partial charge in [0.25, 0.3) is 5.56 Å². The molecule has 0 amide bonds. The molecule has 1 unspecified atom stereocenters. The lowest BCUT2D eigenvalue weighted by Crippen LogP contribution is -2.14. The van der Waals surface area contributed by atoms with Gasteiger partial charge in [0.05, 0.1) is 16.5 Å². The zero-order valence-electron chi connectivity index (χ0n) is 11.6. The van der Waals surface area contributed by atoms with Crippen LogP contribution in [0.15, 0.2) is 53.3 Å². The Morgan fingerprint density at radius 2 is 1.65 bits per heavy atom. The Hall–Kier alpha value is -2.70. The van der Waals surface area contributed by atoms with Crippen LogP contribution in [0.2, 0.25) is 0 Å². The lowest BCUT2D eigenvalue weighted by Gasteiger charge is -2.11. The average Bonchev–Trinajstić information content (AvgIpc) is 2.53. The first-order chi connectivity index (χ1) is 10.9. The average molecular weight is 322 g/mol. The highest BCUT2D eigenvalue weighted by Gasteiger charge is 2.30. The van der Waals surface area contributed by atoms with Crippen molar-refractivity contribution in [2.45, 2.75) is 12.3 Å². The van der Waals surface area contributed by atoms with Gasteiger partial charge in [-0.1, -0.05) is 24.3 Å². The zero-order valence-corrected chi connectivity index (χ0v) is 11.6. The summed E-state index contributed by atoms with van der Waals surface area (Å²) in [7, 11) is 0. The fourth-order valence-electron chi connectivity index (χ4n) is 2.22. The van der Waals surface area contributed by atoms with E-state index in [0.29, 0.717) is 10.9 Å². The molecular formula is C16H10F4N2O. The van der Waals surface area contributed by atoms with Crippen LogP contribution >= 0.6 is 0 Å². The quantitative estimate of drug-likeness (QED) is 0.725. The highest BCUT2D eigenvalue weighted by molar-refractivity contribution is 5.77. The normalized spacial score (nSPS) is 13.2. The highest BCUT2D eigenvalue weighted by atomic mass is 19.4. The Labute approximate surface area is 127 Å². The van der Waals surface area contributed by atoms with Crippen molar-refractivity contribution in [1.29, 1.82) is 0 Å². The van der Waals surface area contributed by atoms with E-state index in [1.54, 1.807) is 24.3 Å². The van der Waals surface area contributed by atoms with Crippen molar-refractivity contribution in [2.24, 2.45) is 0 Å². The molecule has 1 heterocycles. The molecule has 1 aromatic heterocycles. The summed E-state index contributed by atoms with van der Waals surface area (Å²) in [5, 5.41) is 0.316. The summed E-state index contributed by atoms with van der Waals surface area (Å²) in [4.78, 5) is 18.3. The minimum absolute atomic E-state index is 0.0172. The minimum atomic E-state index is -4.49. The zero-order chi connectivity index (χ0) is 16.6. The predicted octanol–water partition coefficient (Wildman–Crippen LogP) is 4.00. The topological polar surface area (TPSA) is 45.8 Å². The SMILES string of the molecule is O=c1[nH]c(C(F)c2ccc(C(F)(F)F)cc2)nc2ccccc12. The second-order valence-corrected chi connectivity index (χ2v) is 4.95. The van der Waals surface area contributed by atoms with Crippen LogP contribution in [0.1, 0.15) is 23.1 Å². The van der Waals surface area contributed by atoms with E-state index >= 15 is 0 Å². The van der Waals surface area contributed by atoms with Gasteiger partial charge in [-0.25, -0.2) is 9.37 Å². The van der Waals surface area contributed by atoms with E-state index < -0.39 is 23.5 Å². The lowest BCUT2D eigenvalue weighted by molar-refractivity contribution is -0.137. The van der Waals surface area contributed by atoms with Gasteiger partial charge in [-0.15, -0.1) is 0 Å². The van der Waals surface area contributed by atoms with E-state index in [2.05, 4.69) is 9.97 Å². The van der Waals surface area contributed by atoms with Gasteiger partial charge in [-0.2, -0.15) is 13.2 Å². The molecule has 0 fully saturated rings.